The van der Waals surface area contributed by atoms with E-state index in [2.05, 4.69) is 70.2 Å². The molecule has 0 radical (unpaired) electrons. The summed E-state index contributed by atoms with van der Waals surface area (Å²) in [5, 5.41) is 0. The van der Waals surface area contributed by atoms with Crippen molar-refractivity contribution in [2.24, 2.45) is 33.5 Å². The molecule has 1 nitrogen and oxygen atoms in total. The first-order valence-electron chi connectivity index (χ1n) is 11.2. The van der Waals surface area contributed by atoms with Crippen molar-refractivity contribution in [3.63, 3.8) is 0 Å². The highest BCUT2D eigenvalue weighted by molar-refractivity contribution is 6.04. The predicted octanol–water partition coefficient (Wildman–Crippen LogP) is 6.85. The van der Waals surface area contributed by atoms with Crippen LogP contribution in [-0.2, 0) is 4.79 Å². The van der Waals surface area contributed by atoms with E-state index in [0.717, 1.165) is 17.6 Å². The van der Waals surface area contributed by atoms with E-state index < -0.39 is 0 Å². The van der Waals surface area contributed by atoms with Gasteiger partial charge in [0.2, 0.25) is 0 Å². The lowest BCUT2D eigenvalue weighted by molar-refractivity contribution is -0.154. The van der Waals surface area contributed by atoms with Gasteiger partial charge in [0.25, 0.3) is 0 Å². The zero-order valence-corrected chi connectivity index (χ0v) is 17.9. The van der Waals surface area contributed by atoms with E-state index in [1.54, 1.807) is 0 Å². The van der Waals surface area contributed by atoms with Crippen LogP contribution in [0.5, 0.6) is 0 Å². The molecule has 0 N–H and O–H groups in total. The van der Waals surface area contributed by atoms with Crippen LogP contribution < -0.4 is 0 Å². The van der Waals surface area contributed by atoms with Gasteiger partial charge in [-0.05, 0) is 83.8 Å². The van der Waals surface area contributed by atoms with Crippen LogP contribution in [0, 0.1) is 33.5 Å². The lowest BCUT2D eigenvalue weighted by atomic mass is 9.40. The Balaban J connectivity index is 1.59. The maximum atomic E-state index is 13.5. The topological polar surface area (TPSA) is 17.1 Å². The number of Topliss-reactive ketones (excluding diaryl/α,β-unsaturated/α-hetero) is 1. The fraction of sp³-hybridized carbons (Fsp3) is 0.593. The lowest BCUT2D eigenvalue weighted by Gasteiger charge is -2.64. The van der Waals surface area contributed by atoms with E-state index in [1.165, 1.54) is 32.1 Å². The van der Waals surface area contributed by atoms with E-state index in [0.29, 0.717) is 28.4 Å². The molecule has 3 fully saturated rings. The summed E-state index contributed by atoms with van der Waals surface area (Å²) in [6.45, 7) is 9.44. The highest BCUT2D eigenvalue weighted by Gasteiger charge is 2.65. The van der Waals surface area contributed by atoms with Crippen molar-refractivity contribution < 1.29 is 4.79 Å². The SMILES string of the molecule is CC1(C)C(=O)/C(=C/c2ccccc2)C[C@]2(C)[C@@H]1CC[C@@]13C=C[C@@](C)(CC[C@H]12)C3. The van der Waals surface area contributed by atoms with Crippen LogP contribution in [0.3, 0.4) is 0 Å². The van der Waals surface area contributed by atoms with Gasteiger partial charge in [-0.15, -0.1) is 0 Å². The molecule has 4 aliphatic carbocycles. The van der Waals surface area contributed by atoms with Crippen molar-refractivity contribution in [1.82, 2.24) is 0 Å². The van der Waals surface area contributed by atoms with Crippen LogP contribution >= 0.6 is 0 Å². The smallest absolute Gasteiger partial charge is 0.164 e. The molecule has 0 amide bonds. The minimum absolute atomic E-state index is 0.215. The molecule has 4 aliphatic rings. The molecule has 0 heterocycles. The summed E-state index contributed by atoms with van der Waals surface area (Å²) in [4.78, 5) is 13.5. The predicted molar refractivity (Wildman–Crippen MR) is 116 cm³/mol. The standard InChI is InChI=1S/C27H34O/c1-24(2)21-11-13-27-15-14-25(3,18-27)12-10-22(27)26(21,4)17-20(23(24)28)16-19-8-6-5-7-9-19/h5-9,14-16,21-22H,10-13,17-18H2,1-4H3/b20-16+/t21-,22+,25-,26-,27+/m1/s1. The Morgan fingerprint density at radius 2 is 1.64 bits per heavy atom. The number of benzene rings is 1. The summed E-state index contributed by atoms with van der Waals surface area (Å²) in [6.07, 6.45) is 14.7. The Kier molecular flexibility index (Phi) is 3.75. The van der Waals surface area contributed by atoms with Crippen LogP contribution in [0.1, 0.15) is 71.8 Å². The van der Waals surface area contributed by atoms with Gasteiger partial charge in [0.05, 0.1) is 0 Å². The number of hydrogen-bond donors (Lipinski definition) is 0. The molecule has 0 aliphatic heterocycles. The summed E-state index contributed by atoms with van der Waals surface area (Å²) < 4.78 is 0. The van der Waals surface area contributed by atoms with Crippen molar-refractivity contribution >= 4 is 11.9 Å². The largest absolute Gasteiger partial charge is 0.294 e. The van der Waals surface area contributed by atoms with Crippen molar-refractivity contribution in [1.29, 1.82) is 0 Å². The molecule has 148 valence electrons. The number of hydrogen-bond acceptors (Lipinski definition) is 1. The molecule has 28 heavy (non-hydrogen) atoms. The first-order chi connectivity index (χ1) is 13.2. The van der Waals surface area contributed by atoms with E-state index >= 15 is 0 Å². The monoisotopic (exact) mass is 374 g/mol. The fourth-order valence-electron chi connectivity index (χ4n) is 8.09. The molecule has 1 spiro atoms. The second-order valence-corrected chi connectivity index (χ2v) is 11.4. The van der Waals surface area contributed by atoms with Crippen molar-refractivity contribution in [3.8, 4) is 0 Å². The Bertz CT molecular complexity index is 875. The Hall–Kier alpha value is -1.63. The van der Waals surface area contributed by atoms with Crippen molar-refractivity contribution in [2.75, 3.05) is 0 Å². The van der Waals surface area contributed by atoms with Gasteiger partial charge in [-0.3, -0.25) is 4.79 Å². The third-order valence-corrected chi connectivity index (χ3v) is 9.20. The second kappa shape index (κ2) is 5.71. The highest BCUT2D eigenvalue weighted by Crippen LogP contribution is 2.71. The van der Waals surface area contributed by atoms with E-state index in [4.69, 9.17) is 0 Å². The van der Waals surface area contributed by atoms with Crippen LogP contribution in [-0.4, -0.2) is 5.78 Å². The quantitative estimate of drug-likeness (QED) is 0.388. The summed E-state index contributed by atoms with van der Waals surface area (Å²) in [5.41, 5.74) is 2.97. The average Bonchev–Trinajstić information content (AvgIpc) is 2.89. The molecule has 0 unspecified atom stereocenters. The van der Waals surface area contributed by atoms with E-state index in [9.17, 15) is 4.79 Å². The van der Waals surface area contributed by atoms with Gasteiger partial charge < -0.3 is 0 Å². The number of fused-ring (bicyclic) bond motifs is 3. The zero-order chi connectivity index (χ0) is 19.8. The Labute approximate surface area is 170 Å². The minimum atomic E-state index is -0.266. The summed E-state index contributed by atoms with van der Waals surface area (Å²) >= 11 is 0. The average molecular weight is 375 g/mol. The molecule has 0 aromatic heterocycles. The molecular weight excluding hydrogens is 340 g/mol. The maximum Gasteiger partial charge on any atom is 0.164 e. The molecule has 3 saturated carbocycles. The molecule has 1 aromatic carbocycles. The van der Waals surface area contributed by atoms with Gasteiger partial charge in [0, 0.05) is 5.41 Å². The molecule has 5 rings (SSSR count). The van der Waals surface area contributed by atoms with Crippen LogP contribution in [0.15, 0.2) is 48.1 Å². The number of allylic oxidation sites excluding steroid dienone is 3. The maximum absolute atomic E-state index is 13.5. The Morgan fingerprint density at radius 3 is 2.39 bits per heavy atom. The van der Waals surface area contributed by atoms with E-state index in [-0.39, 0.29) is 10.8 Å². The number of ketones is 1. The molecule has 5 atom stereocenters. The number of carbonyl (C=O) groups is 1. The molecule has 2 bridgehead atoms. The highest BCUT2D eigenvalue weighted by atomic mass is 16.1. The van der Waals surface area contributed by atoms with Crippen LogP contribution in [0.2, 0.25) is 0 Å². The fourth-order valence-corrected chi connectivity index (χ4v) is 8.09. The number of rotatable bonds is 1. The Morgan fingerprint density at radius 1 is 0.929 bits per heavy atom. The van der Waals surface area contributed by atoms with Gasteiger partial charge in [0.1, 0.15) is 0 Å². The summed E-state index contributed by atoms with van der Waals surface area (Å²) in [5.74, 6) is 1.59. The van der Waals surface area contributed by atoms with Crippen molar-refractivity contribution in [3.05, 3.63) is 53.6 Å². The van der Waals surface area contributed by atoms with Gasteiger partial charge in [-0.25, -0.2) is 0 Å². The van der Waals surface area contributed by atoms with Gasteiger partial charge in [-0.1, -0.05) is 70.2 Å². The third-order valence-electron chi connectivity index (χ3n) is 9.20. The number of carbonyl (C=O) groups excluding carboxylic acids is 1. The van der Waals surface area contributed by atoms with Crippen molar-refractivity contribution in [2.45, 2.75) is 66.2 Å². The molecule has 1 aromatic rings. The molecular formula is C27H34O. The summed E-state index contributed by atoms with van der Waals surface area (Å²) in [6, 6.07) is 10.4. The molecule has 1 heteroatoms. The zero-order valence-electron chi connectivity index (χ0n) is 17.9. The lowest BCUT2D eigenvalue weighted by Crippen LogP contribution is -2.59. The molecule has 0 saturated heterocycles. The third kappa shape index (κ3) is 2.41. The van der Waals surface area contributed by atoms with E-state index in [1.807, 2.05) is 6.07 Å². The van der Waals surface area contributed by atoms with Gasteiger partial charge in [0.15, 0.2) is 5.78 Å². The minimum Gasteiger partial charge on any atom is -0.294 e. The summed E-state index contributed by atoms with van der Waals surface area (Å²) in [7, 11) is 0. The second-order valence-electron chi connectivity index (χ2n) is 11.4. The van der Waals surface area contributed by atoms with Crippen LogP contribution in [0.25, 0.3) is 6.08 Å². The normalized spacial score (nSPS) is 45.0. The van der Waals surface area contributed by atoms with Gasteiger partial charge >= 0.3 is 0 Å². The first kappa shape index (κ1) is 18.4. The van der Waals surface area contributed by atoms with Gasteiger partial charge in [-0.2, -0.15) is 0 Å². The van der Waals surface area contributed by atoms with Crippen LogP contribution in [0.4, 0.5) is 0 Å². The first-order valence-corrected chi connectivity index (χ1v) is 11.2.